The van der Waals surface area contributed by atoms with E-state index in [9.17, 15) is 4.79 Å². The van der Waals surface area contributed by atoms with E-state index in [1.165, 1.54) is 0 Å². The normalized spacial score (nSPS) is 19.2. The van der Waals surface area contributed by atoms with E-state index in [4.69, 9.17) is 11.6 Å². The van der Waals surface area contributed by atoms with Gasteiger partial charge in [-0.3, -0.25) is 4.79 Å². The Hall–Kier alpha value is -0.860. The molecule has 3 heteroatoms. The highest BCUT2D eigenvalue weighted by Crippen LogP contribution is 2.30. The van der Waals surface area contributed by atoms with Crippen molar-refractivity contribution in [3.63, 3.8) is 0 Å². The van der Waals surface area contributed by atoms with Crippen molar-refractivity contribution < 1.29 is 4.79 Å². The van der Waals surface area contributed by atoms with Gasteiger partial charge in [0.1, 0.15) is 0 Å². The fraction of sp³-hybridized carbons (Fsp3) is 0.462. The van der Waals surface area contributed by atoms with Crippen LogP contribution in [0, 0.1) is 5.92 Å². The predicted octanol–water partition coefficient (Wildman–Crippen LogP) is 2.65. The zero-order valence-corrected chi connectivity index (χ0v) is 10.4. The first kappa shape index (κ1) is 11.6. The minimum Gasteiger partial charge on any atom is -0.309 e. The fourth-order valence-electron chi connectivity index (χ4n) is 2.20. The Balaban J connectivity index is 2.11. The number of carbonyl (C=O) groups is 1. The highest BCUT2D eigenvalue weighted by atomic mass is 35.5. The average molecular weight is 238 g/mol. The number of fused-ring (bicyclic) bond motifs is 1. The van der Waals surface area contributed by atoms with Crippen LogP contribution in [0.15, 0.2) is 18.2 Å². The third-order valence-corrected chi connectivity index (χ3v) is 3.33. The van der Waals surface area contributed by atoms with Gasteiger partial charge in [-0.25, -0.2) is 0 Å². The number of rotatable bonds is 3. The van der Waals surface area contributed by atoms with Crippen LogP contribution in [0.2, 0.25) is 5.02 Å². The largest absolute Gasteiger partial charge is 0.309 e. The molecule has 2 nitrogen and oxygen atoms in total. The van der Waals surface area contributed by atoms with Crippen LogP contribution in [-0.2, 0) is 6.42 Å². The molecule has 0 aromatic heterocycles. The molecule has 2 rings (SSSR count). The number of Topliss-reactive ketones (excluding diaryl/α,β-unsaturated/α-hetero) is 1. The van der Waals surface area contributed by atoms with Gasteiger partial charge in [0.05, 0.1) is 0 Å². The molecule has 1 aliphatic rings. The molecule has 0 radical (unpaired) electrons. The van der Waals surface area contributed by atoms with Gasteiger partial charge in [-0.05, 0) is 57.2 Å². The quantitative estimate of drug-likeness (QED) is 0.806. The maximum Gasteiger partial charge on any atom is 0.166 e. The zero-order valence-electron chi connectivity index (χ0n) is 9.66. The van der Waals surface area contributed by atoms with Crippen molar-refractivity contribution >= 4 is 17.4 Å². The van der Waals surface area contributed by atoms with E-state index in [-0.39, 0.29) is 11.7 Å². The molecule has 0 saturated carbocycles. The maximum absolute atomic E-state index is 12.1. The molecule has 0 unspecified atom stereocenters. The van der Waals surface area contributed by atoms with E-state index in [2.05, 4.69) is 4.90 Å². The summed E-state index contributed by atoms with van der Waals surface area (Å²) in [5.41, 5.74) is 1.98. The Kier molecular flexibility index (Phi) is 3.31. The van der Waals surface area contributed by atoms with Crippen molar-refractivity contribution in [1.29, 1.82) is 0 Å². The van der Waals surface area contributed by atoms with E-state index in [0.717, 1.165) is 35.5 Å². The summed E-state index contributed by atoms with van der Waals surface area (Å²) in [5, 5.41) is 0.722. The summed E-state index contributed by atoms with van der Waals surface area (Å²) in [4.78, 5) is 14.2. The zero-order chi connectivity index (χ0) is 11.7. The van der Waals surface area contributed by atoms with Crippen LogP contribution in [0.25, 0.3) is 0 Å². The number of carbonyl (C=O) groups excluding carboxylic acids is 1. The molecule has 86 valence electrons. The molecule has 0 N–H and O–H groups in total. The summed E-state index contributed by atoms with van der Waals surface area (Å²) in [7, 11) is 4.06. The van der Waals surface area contributed by atoms with Crippen molar-refractivity contribution in [3.8, 4) is 0 Å². The highest BCUT2D eigenvalue weighted by Gasteiger charge is 2.29. The van der Waals surface area contributed by atoms with Crippen LogP contribution < -0.4 is 0 Å². The molecule has 0 aliphatic heterocycles. The SMILES string of the molecule is CN(C)CC[C@H]1Cc2cc(Cl)ccc2C1=O. The third-order valence-electron chi connectivity index (χ3n) is 3.09. The summed E-state index contributed by atoms with van der Waals surface area (Å²) >= 11 is 5.93. The lowest BCUT2D eigenvalue weighted by atomic mass is 10.0. The fourth-order valence-corrected chi connectivity index (χ4v) is 2.39. The molecule has 1 atom stereocenters. The van der Waals surface area contributed by atoms with Crippen molar-refractivity contribution in [2.24, 2.45) is 5.92 Å². The lowest BCUT2D eigenvalue weighted by molar-refractivity contribution is 0.0925. The number of hydrogen-bond donors (Lipinski definition) is 0. The second-order valence-electron chi connectivity index (χ2n) is 4.66. The molecule has 1 aromatic carbocycles. The number of ketones is 1. The molecule has 0 bridgehead atoms. The molecule has 1 aromatic rings. The smallest absolute Gasteiger partial charge is 0.166 e. The molecule has 0 saturated heterocycles. The second-order valence-corrected chi connectivity index (χ2v) is 5.10. The van der Waals surface area contributed by atoms with Crippen LogP contribution in [0.5, 0.6) is 0 Å². The van der Waals surface area contributed by atoms with Gasteiger partial charge in [0.25, 0.3) is 0 Å². The summed E-state index contributed by atoms with van der Waals surface area (Å²) < 4.78 is 0. The number of halogens is 1. The van der Waals surface area contributed by atoms with Gasteiger partial charge in [-0.1, -0.05) is 11.6 Å². The van der Waals surface area contributed by atoms with Gasteiger partial charge in [0, 0.05) is 16.5 Å². The van der Waals surface area contributed by atoms with Crippen molar-refractivity contribution in [2.75, 3.05) is 20.6 Å². The van der Waals surface area contributed by atoms with Crippen LogP contribution in [0.1, 0.15) is 22.3 Å². The maximum atomic E-state index is 12.1. The van der Waals surface area contributed by atoms with E-state index >= 15 is 0 Å². The molecule has 0 heterocycles. The predicted molar refractivity (Wildman–Crippen MR) is 66.1 cm³/mol. The van der Waals surface area contributed by atoms with Crippen LogP contribution in [-0.4, -0.2) is 31.3 Å². The first-order valence-corrected chi connectivity index (χ1v) is 5.93. The van der Waals surface area contributed by atoms with Crippen molar-refractivity contribution in [1.82, 2.24) is 4.90 Å². The monoisotopic (exact) mass is 237 g/mol. The van der Waals surface area contributed by atoms with Crippen LogP contribution in [0.4, 0.5) is 0 Å². The minimum absolute atomic E-state index is 0.149. The molecule has 0 spiro atoms. The van der Waals surface area contributed by atoms with Gasteiger partial charge in [0.15, 0.2) is 5.78 Å². The van der Waals surface area contributed by atoms with Gasteiger partial charge in [-0.2, -0.15) is 0 Å². The standard InChI is InChI=1S/C13H16ClNO/c1-15(2)6-5-9-7-10-8-11(14)3-4-12(10)13(9)16/h3-4,8-9H,5-7H2,1-2H3/t9-/m0/s1. The summed E-state index contributed by atoms with van der Waals surface area (Å²) in [6, 6.07) is 5.58. The van der Waals surface area contributed by atoms with Gasteiger partial charge in [0.2, 0.25) is 0 Å². The molecule has 1 aliphatic carbocycles. The molecular formula is C13H16ClNO. The first-order chi connectivity index (χ1) is 7.58. The van der Waals surface area contributed by atoms with Crippen molar-refractivity contribution in [3.05, 3.63) is 34.3 Å². The highest BCUT2D eigenvalue weighted by molar-refractivity contribution is 6.30. The van der Waals surface area contributed by atoms with Gasteiger partial charge < -0.3 is 4.90 Å². The minimum atomic E-state index is 0.149. The van der Waals surface area contributed by atoms with Crippen molar-refractivity contribution in [2.45, 2.75) is 12.8 Å². The third kappa shape index (κ3) is 2.28. The Morgan fingerprint density at radius 1 is 1.44 bits per heavy atom. The Morgan fingerprint density at radius 3 is 2.88 bits per heavy atom. The van der Waals surface area contributed by atoms with E-state index in [1.54, 1.807) is 6.07 Å². The average Bonchev–Trinajstić information content (AvgIpc) is 2.52. The van der Waals surface area contributed by atoms with E-state index < -0.39 is 0 Å². The van der Waals surface area contributed by atoms with Crippen LogP contribution >= 0.6 is 11.6 Å². The molecule has 16 heavy (non-hydrogen) atoms. The Labute approximate surface area is 101 Å². The number of hydrogen-bond acceptors (Lipinski definition) is 2. The lowest BCUT2D eigenvalue weighted by Crippen LogP contribution is -2.19. The Bertz CT molecular complexity index is 414. The number of benzene rings is 1. The lowest BCUT2D eigenvalue weighted by Gasteiger charge is -2.12. The second kappa shape index (κ2) is 4.56. The van der Waals surface area contributed by atoms with Gasteiger partial charge in [-0.15, -0.1) is 0 Å². The van der Waals surface area contributed by atoms with E-state index in [1.807, 2.05) is 26.2 Å². The first-order valence-electron chi connectivity index (χ1n) is 5.55. The summed E-state index contributed by atoms with van der Waals surface area (Å²) in [6.45, 7) is 0.956. The topological polar surface area (TPSA) is 20.3 Å². The van der Waals surface area contributed by atoms with Gasteiger partial charge >= 0.3 is 0 Å². The Morgan fingerprint density at radius 2 is 2.19 bits per heavy atom. The number of nitrogens with zero attached hydrogens (tertiary/aromatic N) is 1. The van der Waals surface area contributed by atoms with E-state index in [0.29, 0.717) is 0 Å². The van der Waals surface area contributed by atoms with Crippen LogP contribution in [0.3, 0.4) is 0 Å². The summed E-state index contributed by atoms with van der Waals surface area (Å²) in [5.74, 6) is 0.435. The molecule has 0 fully saturated rings. The molecular weight excluding hydrogens is 222 g/mol. The molecule has 0 amide bonds. The summed E-state index contributed by atoms with van der Waals surface area (Å²) in [6.07, 6.45) is 1.78.